The molecule has 2 fully saturated rings. The highest BCUT2D eigenvalue weighted by Gasteiger charge is 2.30. The molecule has 5 rings (SSSR count). The van der Waals surface area contributed by atoms with Crippen LogP contribution in [0.1, 0.15) is 52.6 Å². The number of nitrogens with zero attached hydrogens (tertiary/aromatic N) is 3. The minimum absolute atomic E-state index is 0.106. The number of hydrogen-bond acceptors (Lipinski definition) is 10. The van der Waals surface area contributed by atoms with Crippen LogP contribution in [-0.2, 0) is 11.4 Å². The summed E-state index contributed by atoms with van der Waals surface area (Å²) in [6, 6.07) is 19.2. The van der Waals surface area contributed by atoms with Crippen LogP contribution in [-0.4, -0.2) is 104 Å². The first-order valence-corrected chi connectivity index (χ1v) is 18.6. The summed E-state index contributed by atoms with van der Waals surface area (Å²) in [5.41, 5.74) is 2.58. The second kappa shape index (κ2) is 17.6. The molecule has 5 amide bonds. The number of carbonyl (C=O) groups excluding carboxylic acids is 5. The molecule has 11 nitrogen and oxygen atoms in total. The SMILES string of the molecule is Cc1c(C(=O)NCCN(C=O)CCNC(=O)c2cccc(C(=O)N3CCSC3=S)c2OCc2ccccc2)cccc1C(=O)N1CCSC1=S. The van der Waals surface area contributed by atoms with Crippen LogP contribution in [0.25, 0.3) is 0 Å². The lowest BCUT2D eigenvalue weighted by atomic mass is 10.0. The number of rotatable bonds is 14. The number of carbonyl (C=O) groups is 5. The van der Waals surface area contributed by atoms with Gasteiger partial charge in [-0.1, -0.05) is 90.4 Å². The van der Waals surface area contributed by atoms with Crippen molar-refractivity contribution in [3.05, 3.63) is 100 Å². The summed E-state index contributed by atoms with van der Waals surface area (Å²) >= 11 is 13.5. The zero-order chi connectivity index (χ0) is 35.6. The number of amides is 5. The zero-order valence-corrected chi connectivity index (χ0v) is 30.5. The molecule has 3 aromatic carbocycles. The topological polar surface area (TPSA) is 128 Å². The fraction of sp³-hybridized carbons (Fsp3) is 0.286. The monoisotopic (exact) mass is 749 g/mol. The molecule has 3 aromatic rings. The minimum Gasteiger partial charge on any atom is -0.487 e. The van der Waals surface area contributed by atoms with E-state index in [2.05, 4.69) is 10.6 Å². The summed E-state index contributed by atoms with van der Waals surface area (Å²) in [4.78, 5) is 69.3. The standard InChI is InChI=1S/C35H35N5O6S4/c1-23-25(9-5-10-26(23)32(44)39-17-19-49-34(39)47)30(42)36-13-15-38(22-41)16-14-37-31(43)27-11-6-12-28(33(45)40-18-20-50-35(40)48)29(27)46-21-24-7-3-2-4-8-24/h2-12,22H,13-21H2,1H3,(H,36,42)(H,37,43). The van der Waals surface area contributed by atoms with Gasteiger partial charge in [0.25, 0.3) is 23.6 Å². The molecule has 0 spiro atoms. The number of thiocarbonyl (C=S) groups is 2. The highest BCUT2D eigenvalue weighted by molar-refractivity contribution is 8.23. The van der Waals surface area contributed by atoms with Gasteiger partial charge in [-0.15, -0.1) is 0 Å². The van der Waals surface area contributed by atoms with Crippen molar-refractivity contribution in [3.8, 4) is 5.75 Å². The molecule has 0 aromatic heterocycles. The Morgan fingerprint density at radius 3 is 1.84 bits per heavy atom. The zero-order valence-electron chi connectivity index (χ0n) is 27.2. The molecule has 0 radical (unpaired) electrons. The van der Waals surface area contributed by atoms with Crippen molar-refractivity contribution in [3.63, 3.8) is 0 Å². The minimum atomic E-state index is -0.474. The predicted octanol–water partition coefficient (Wildman–Crippen LogP) is 4.14. The highest BCUT2D eigenvalue weighted by atomic mass is 32.2. The third kappa shape index (κ3) is 8.88. The quantitative estimate of drug-likeness (QED) is 0.184. The fourth-order valence-electron chi connectivity index (χ4n) is 5.36. The maximum atomic E-state index is 13.5. The van der Waals surface area contributed by atoms with Gasteiger partial charge in [-0.05, 0) is 42.3 Å². The Bertz CT molecular complexity index is 1810. The first-order valence-electron chi connectivity index (χ1n) is 15.8. The Labute approximate surface area is 309 Å². The molecule has 260 valence electrons. The predicted molar refractivity (Wildman–Crippen MR) is 203 cm³/mol. The highest BCUT2D eigenvalue weighted by Crippen LogP contribution is 2.30. The third-order valence-corrected chi connectivity index (χ3v) is 10.9. The van der Waals surface area contributed by atoms with E-state index in [-0.39, 0.29) is 67.4 Å². The van der Waals surface area contributed by atoms with E-state index in [0.717, 1.165) is 11.3 Å². The van der Waals surface area contributed by atoms with Crippen LogP contribution in [0, 0.1) is 6.92 Å². The van der Waals surface area contributed by atoms with E-state index in [1.165, 1.54) is 33.3 Å². The van der Waals surface area contributed by atoms with Gasteiger partial charge in [-0.3, -0.25) is 33.8 Å². The van der Waals surface area contributed by atoms with Crippen LogP contribution in [0.3, 0.4) is 0 Å². The molecule has 2 saturated heterocycles. The number of nitrogens with one attached hydrogen (secondary N) is 2. The molecule has 2 aliphatic rings. The van der Waals surface area contributed by atoms with Gasteiger partial charge in [0.05, 0.1) is 11.1 Å². The van der Waals surface area contributed by atoms with Crippen LogP contribution in [0.2, 0.25) is 0 Å². The van der Waals surface area contributed by atoms with Crippen LogP contribution >= 0.6 is 48.0 Å². The number of benzene rings is 3. The van der Waals surface area contributed by atoms with Crippen molar-refractivity contribution in [1.82, 2.24) is 25.3 Å². The molecule has 2 heterocycles. The second-order valence-corrected chi connectivity index (χ2v) is 14.7. The van der Waals surface area contributed by atoms with E-state index in [0.29, 0.717) is 50.6 Å². The van der Waals surface area contributed by atoms with Crippen molar-refractivity contribution in [2.45, 2.75) is 13.5 Å². The van der Waals surface area contributed by atoms with Crippen LogP contribution in [0.4, 0.5) is 0 Å². The van der Waals surface area contributed by atoms with Gasteiger partial charge < -0.3 is 20.3 Å². The van der Waals surface area contributed by atoms with Crippen molar-refractivity contribution in [2.24, 2.45) is 0 Å². The Hall–Kier alpha value is -4.31. The summed E-state index contributed by atoms with van der Waals surface area (Å²) in [5.74, 6) is 0.172. The average molecular weight is 750 g/mol. The molecule has 50 heavy (non-hydrogen) atoms. The van der Waals surface area contributed by atoms with Gasteiger partial charge in [0.15, 0.2) is 0 Å². The average Bonchev–Trinajstić information content (AvgIpc) is 3.77. The maximum Gasteiger partial charge on any atom is 0.263 e. The van der Waals surface area contributed by atoms with E-state index >= 15 is 0 Å². The molecule has 0 bridgehead atoms. The van der Waals surface area contributed by atoms with E-state index in [1.54, 1.807) is 48.2 Å². The molecule has 2 N–H and O–H groups in total. The largest absolute Gasteiger partial charge is 0.487 e. The summed E-state index contributed by atoms with van der Waals surface area (Å²) in [6.07, 6.45) is 0.643. The summed E-state index contributed by atoms with van der Waals surface area (Å²) in [5, 5.41) is 5.62. The molecule has 15 heteroatoms. The van der Waals surface area contributed by atoms with Gasteiger partial charge in [-0.2, -0.15) is 0 Å². The van der Waals surface area contributed by atoms with Gasteiger partial charge in [0.1, 0.15) is 21.0 Å². The van der Waals surface area contributed by atoms with Gasteiger partial charge in [0, 0.05) is 61.9 Å². The van der Waals surface area contributed by atoms with Crippen molar-refractivity contribution in [2.75, 3.05) is 50.8 Å². The van der Waals surface area contributed by atoms with Gasteiger partial charge in [0.2, 0.25) is 6.41 Å². The Morgan fingerprint density at radius 2 is 1.28 bits per heavy atom. The van der Waals surface area contributed by atoms with E-state index in [1.807, 2.05) is 30.3 Å². The van der Waals surface area contributed by atoms with E-state index in [9.17, 15) is 24.0 Å². The van der Waals surface area contributed by atoms with Gasteiger partial charge in [-0.25, -0.2) is 0 Å². The van der Waals surface area contributed by atoms with Crippen molar-refractivity contribution in [1.29, 1.82) is 0 Å². The Balaban J connectivity index is 1.17. The molecule has 0 atom stereocenters. The van der Waals surface area contributed by atoms with Gasteiger partial charge >= 0.3 is 0 Å². The van der Waals surface area contributed by atoms with Crippen LogP contribution in [0.5, 0.6) is 5.75 Å². The normalized spacial score (nSPS) is 14.0. The smallest absolute Gasteiger partial charge is 0.263 e. The summed E-state index contributed by atoms with van der Waals surface area (Å²) < 4.78 is 7.12. The first-order chi connectivity index (χ1) is 24.2. The second-order valence-electron chi connectivity index (χ2n) is 11.2. The molecule has 0 saturated carbocycles. The lowest BCUT2D eigenvalue weighted by Gasteiger charge is -2.21. The Kier molecular flexibility index (Phi) is 13.0. The third-order valence-electron chi connectivity index (χ3n) is 8.06. The van der Waals surface area contributed by atoms with E-state index in [4.69, 9.17) is 29.2 Å². The van der Waals surface area contributed by atoms with Crippen molar-refractivity contribution < 1.29 is 28.7 Å². The lowest BCUT2D eigenvalue weighted by Crippen LogP contribution is -2.39. The Morgan fingerprint density at radius 1 is 0.760 bits per heavy atom. The first kappa shape index (κ1) is 37.0. The fourth-order valence-corrected chi connectivity index (χ4v) is 7.77. The number of hydrogen-bond donors (Lipinski definition) is 2. The summed E-state index contributed by atoms with van der Waals surface area (Å²) in [6.45, 7) is 3.47. The van der Waals surface area contributed by atoms with Crippen LogP contribution in [0.15, 0.2) is 66.7 Å². The van der Waals surface area contributed by atoms with Crippen molar-refractivity contribution >= 4 is 86.6 Å². The van der Waals surface area contributed by atoms with E-state index < -0.39 is 5.91 Å². The number of thioether (sulfide) groups is 2. The molecule has 0 unspecified atom stereocenters. The lowest BCUT2D eigenvalue weighted by molar-refractivity contribution is -0.118. The maximum absolute atomic E-state index is 13.5. The molecule has 2 aliphatic heterocycles. The number of para-hydroxylation sites is 1. The molecular formula is C35H35N5O6S4. The number of ether oxygens (including phenoxy) is 1. The van der Waals surface area contributed by atoms with Crippen LogP contribution < -0.4 is 15.4 Å². The molecular weight excluding hydrogens is 715 g/mol. The molecule has 0 aliphatic carbocycles. The summed E-state index contributed by atoms with van der Waals surface area (Å²) in [7, 11) is 0.